The summed E-state index contributed by atoms with van der Waals surface area (Å²) in [7, 11) is 0. The first-order chi connectivity index (χ1) is 11.9. The van der Waals surface area contributed by atoms with Crippen LogP contribution in [0.2, 0.25) is 0 Å². The van der Waals surface area contributed by atoms with E-state index in [1.54, 1.807) is 22.7 Å². The van der Waals surface area contributed by atoms with Gasteiger partial charge in [0.2, 0.25) is 0 Å². The Labute approximate surface area is 147 Å². The molecule has 0 N–H and O–H groups in total. The summed E-state index contributed by atoms with van der Waals surface area (Å²) in [5.74, 6) is 0. The summed E-state index contributed by atoms with van der Waals surface area (Å²) in [5, 5.41) is 9.38. The second-order valence-electron chi connectivity index (χ2n) is 5.67. The Balaban J connectivity index is 2.06. The van der Waals surface area contributed by atoms with Crippen LogP contribution in [0.1, 0.15) is 0 Å². The molecule has 5 aromatic rings. The molecule has 0 radical (unpaired) electrons. The Morgan fingerprint density at radius 1 is 0.583 bits per heavy atom. The van der Waals surface area contributed by atoms with Crippen molar-refractivity contribution < 1.29 is 0 Å². The van der Waals surface area contributed by atoms with Crippen molar-refractivity contribution in [3.8, 4) is 20.9 Å². The topological polar surface area (TPSA) is 12.9 Å². The summed E-state index contributed by atoms with van der Waals surface area (Å²) in [6.45, 7) is 0. The van der Waals surface area contributed by atoms with E-state index in [1.807, 2.05) is 12.4 Å². The molecule has 5 rings (SSSR count). The van der Waals surface area contributed by atoms with Crippen molar-refractivity contribution in [1.82, 2.24) is 4.98 Å². The number of fused-ring (bicyclic) bond motifs is 2. The summed E-state index contributed by atoms with van der Waals surface area (Å²) < 4.78 is 0. The molecule has 114 valence electrons. The van der Waals surface area contributed by atoms with Gasteiger partial charge in [0, 0.05) is 38.7 Å². The van der Waals surface area contributed by atoms with Crippen molar-refractivity contribution in [2.45, 2.75) is 0 Å². The number of hydrogen-bond acceptors (Lipinski definition) is 3. The molecule has 0 aliphatic rings. The van der Waals surface area contributed by atoms with Crippen molar-refractivity contribution in [1.29, 1.82) is 0 Å². The van der Waals surface area contributed by atoms with Gasteiger partial charge in [-0.05, 0) is 45.1 Å². The lowest BCUT2D eigenvalue weighted by Crippen LogP contribution is -1.88. The molecule has 0 spiro atoms. The molecule has 0 aliphatic carbocycles. The molecular formula is C21H13NS2. The maximum absolute atomic E-state index is 4.42. The average Bonchev–Trinajstić information content (AvgIpc) is 3.33. The normalized spacial score (nSPS) is 11.3. The predicted octanol–water partition coefficient (Wildman–Crippen LogP) is 6.85. The second-order valence-corrected chi connectivity index (χ2v) is 7.57. The quantitative estimate of drug-likeness (QED) is 0.320. The van der Waals surface area contributed by atoms with E-state index < -0.39 is 0 Å². The average molecular weight is 343 g/mol. The van der Waals surface area contributed by atoms with Crippen LogP contribution in [0, 0.1) is 0 Å². The fraction of sp³-hybridized carbons (Fsp3) is 0. The van der Waals surface area contributed by atoms with Gasteiger partial charge < -0.3 is 0 Å². The number of rotatable bonds is 2. The molecule has 0 saturated heterocycles. The van der Waals surface area contributed by atoms with Crippen molar-refractivity contribution in [3.63, 3.8) is 0 Å². The molecule has 3 heteroatoms. The molecule has 3 aromatic heterocycles. The molecular weight excluding hydrogens is 330 g/mol. The van der Waals surface area contributed by atoms with Gasteiger partial charge >= 0.3 is 0 Å². The zero-order valence-electron chi connectivity index (χ0n) is 12.8. The number of aromatic nitrogens is 1. The number of benzene rings is 2. The highest BCUT2D eigenvalue weighted by molar-refractivity contribution is 7.14. The highest BCUT2D eigenvalue weighted by Gasteiger charge is 2.17. The van der Waals surface area contributed by atoms with E-state index in [0.29, 0.717) is 0 Å². The van der Waals surface area contributed by atoms with Crippen molar-refractivity contribution in [2.24, 2.45) is 0 Å². The van der Waals surface area contributed by atoms with Crippen molar-refractivity contribution in [3.05, 3.63) is 77.8 Å². The van der Waals surface area contributed by atoms with Crippen LogP contribution in [-0.4, -0.2) is 4.98 Å². The Morgan fingerprint density at radius 2 is 1.17 bits per heavy atom. The predicted molar refractivity (Wildman–Crippen MR) is 106 cm³/mol. The summed E-state index contributed by atoms with van der Waals surface area (Å²) in [6, 6.07) is 19.5. The molecule has 0 unspecified atom stereocenters. The molecule has 3 heterocycles. The molecule has 0 amide bonds. The number of thiophene rings is 2. The van der Waals surface area contributed by atoms with Crippen molar-refractivity contribution >= 4 is 44.2 Å². The van der Waals surface area contributed by atoms with Crippen LogP contribution >= 0.6 is 22.7 Å². The van der Waals surface area contributed by atoms with Gasteiger partial charge in [-0.2, -0.15) is 0 Å². The van der Waals surface area contributed by atoms with Gasteiger partial charge in [-0.1, -0.05) is 36.4 Å². The third-order valence-electron chi connectivity index (χ3n) is 4.36. The third kappa shape index (κ3) is 2.02. The highest BCUT2D eigenvalue weighted by atomic mass is 32.1. The molecule has 0 atom stereocenters. The monoisotopic (exact) mass is 343 g/mol. The van der Waals surface area contributed by atoms with Gasteiger partial charge in [0.1, 0.15) is 0 Å². The van der Waals surface area contributed by atoms with E-state index in [-0.39, 0.29) is 0 Å². The van der Waals surface area contributed by atoms with E-state index in [0.717, 1.165) is 0 Å². The minimum Gasteiger partial charge on any atom is -0.264 e. The van der Waals surface area contributed by atoms with Gasteiger partial charge in [-0.3, -0.25) is 4.98 Å². The van der Waals surface area contributed by atoms with Crippen LogP contribution in [0.15, 0.2) is 77.8 Å². The number of hydrogen-bond donors (Lipinski definition) is 0. The van der Waals surface area contributed by atoms with Gasteiger partial charge in [-0.15, -0.1) is 22.7 Å². The Hall–Kier alpha value is -2.49. The standard InChI is InChI=1S/C21H13NS2/c1-2-6-15-14(5-1)20(18-7-3-11-23-18)16-9-10-22-13-17(16)21(15)19-8-4-12-24-19/h1-13H. The largest absolute Gasteiger partial charge is 0.264 e. The first-order valence-electron chi connectivity index (χ1n) is 7.79. The fourth-order valence-electron chi connectivity index (χ4n) is 3.39. The zero-order chi connectivity index (χ0) is 15.9. The number of nitrogens with zero attached hydrogens (tertiary/aromatic N) is 1. The Kier molecular flexibility index (Phi) is 3.21. The summed E-state index contributed by atoms with van der Waals surface area (Å²) in [5.41, 5.74) is 2.61. The Bertz CT molecular complexity index is 990. The minimum absolute atomic E-state index is 1.22. The molecule has 0 fully saturated rings. The van der Waals surface area contributed by atoms with Crippen molar-refractivity contribution in [2.75, 3.05) is 0 Å². The molecule has 0 saturated carbocycles. The SMILES string of the molecule is c1csc(-c2c3ccccc3c(-c3cccs3)c3cnccc23)c1. The van der Waals surface area contributed by atoms with E-state index in [1.165, 1.54) is 42.4 Å². The molecule has 0 bridgehead atoms. The first-order valence-corrected chi connectivity index (χ1v) is 9.55. The molecule has 2 aromatic carbocycles. The minimum atomic E-state index is 1.22. The summed E-state index contributed by atoms with van der Waals surface area (Å²) in [6.07, 6.45) is 3.90. The van der Waals surface area contributed by atoms with Crippen LogP contribution < -0.4 is 0 Å². The van der Waals surface area contributed by atoms with Crippen LogP contribution in [0.3, 0.4) is 0 Å². The van der Waals surface area contributed by atoms with Gasteiger partial charge in [-0.25, -0.2) is 0 Å². The van der Waals surface area contributed by atoms with Crippen LogP contribution in [0.4, 0.5) is 0 Å². The highest BCUT2D eigenvalue weighted by Crippen LogP contribution is 2.45. The lowest BCUT2D eigenvalue weighted by molar-refractivity contribution is 1.37. The molecule has 1 nitrogen and oxygen atoms in total. The maximum atomic E-state index is 4.42. The van der Waals surface area contributed by atoms with E-state index in [2.05, 4.69) is 70.3 Å². The molecule has 0 aliphatic heterocycles. The van der Waals surface area contributed by atoms with E-state index >= 15 is 0 Å². The number of pyridine rings is 1. The summed E-state index contributed by atoms with van der Waals surface area (Å²) in [4.78, 5) is 7.02. The van der Waals surface area contributed by atoms with Crippen LogP contribution in [-0.2, 0) is 0 Å². The fourth-order valence-corrected chi connectivity index (χ4v) is 4.99. The first kappa shape index (κ1) is 13.9. The third-order valence-corrected chi connectivity index (χ3v) is 6.14. The van der Waals surface area contributed by atoms with Crippen LogP contribution in [0.5, 0.6) is 0 Å². The Morgan fingerprint density at radius 3 is 1.75 bits per heavy atom. The lowest BCUT2D eigenvalue weighted by Gasteiger charge is -2.15. The lowest BCUT2D eigenvalue weighted by atomic mass is 9.91. The van der Waals surface area contributed by atoms with Crippen LogP contribution in [0.25, 0.3) is 42.4 Å². The smallest absolute Gasteiger partial charge is 0.0355 e. The van der Waals surface area contributed by atoms with Gasteiger partial charge in [0.15, 0.2) is 0 Å². The maximum Gasteiger partial charge on any atom is 0.0355 e. The van der Waals surface area contributed by atoms with E-state index in [4.69, 9.17) is 0 Å². The second kappa shape index (κ2) is 5.55. The van der Waals surface area contributed by atoms with E-state index in [9.17, 15) is 0 Å². The van der Waals surface area contributed by atoms with Gasteiger partial charge in [0.25, 0.3) is 0 Å². The zero-order valence-corrected chi connectivity index (χ0v) is 14.4. The summed E-state index contributed by atoms with van der Waals surface area (Å²) >= 11 is 3.58. The van der Waals surface area contributed by atoms with Gasteiger partial charge in [0.05, 0.1) is 0 Å². The molecule has 24 heavy (non-hydrogen) atoms.